The third kappa shape index (κ3) is 3.87. The number of anilines is 1. The number of carbonyl (C=O) groups excluding carboxylic acids is 1. The Morgan fingerprint density at radius 3 is 2.84 bits per heavy atom. The molecule has 1 saturated carbocycles. The van der Waals surface area contributed by atoms with Crippen LogP contribution in [0.3, 0.4) is 0 Å². The number of alkyl carbamates (subject to hydrolysis) is 1. The summed E-state index contributed by atoms with van der Waals surface area (Å²) in [4.78, 5) is 11.7. The molecule has 0 bridgehead atoms. The van der Waals surface area contributed by atoms with Gasteiger partial charge < -0.3 is 15.8 Å². The zero-order chi connectivity index (χ0) is 14.0. The van der Waals surface area contributed by atoms with Crippen molar-refractivity contribution in [2.45, 2.75) is 57.6 Å². The predicted molar refractivity (Wildman–Crippen MR) is 72.7 cm³/mol. The molecule has 0 saturated heterocycles. The van der Waals surface area contributed by atoms with Gasteiger partial charge in [-0.25, -0.2) is 4.79 Å². The van der Waals surface area contributed by atoms with Crippen LogP contribution in [0.15, 0.2) is 6.07 Å². The summed E-state index contributed by atoms with van der Waals surface area (Å²) in [7, 11) is 0. The number of hydrogen-bond acceptors (Lipinski definition) is 4. The lowest BCUT2D eigenvalue weighted by Gasteiger charge is -2.22. The molecule has 1 aliphatic rings. The molecule has 19 heavy (non-hydrogen) atoms. The Morgan fingerprint density at radius 2 is 2.26 bits per heavy atom. The van der Waals surface area contributed by atoms with Crippen molar-refractivity contribution in [3.8, 4) is 0 Å². The Kier molecular flexibility index (Phi) is 3.68. The quantitative estimate of drug-likeness (QED) is 0.764. The van der Waals surface area contributed by atoms with Crippen LogP contribution >= 0.6 is 0 Å². The van der Waals surface area contributed by atoms with E-state index in [1.165, 1.54) is 0 Å². The van der Waals surface area contributed by atoms with Crippen molar-refractivity contribution in [1.29, 1.82) is 0 Å². The number of amides is 1. The van der Waals surface area contributed by atoms with Gasteiger partial charge in [0.05, 0.1) is 0 Å². The third-order valence-electron chi connectivity index (χ3n) is 3.19. The number of aromatic amines is 1. The van der Waals surface area contributed by atoms with Gasteiger partial charge >= 0.3 is 6.09 Å². The first-order valence-electron chi connectivity index (χ1n) is 6.63. The standard InChI is InChI=1S/C13H22N4O2/c1-13(2,3)15-12(18)19-9-5-4-8(6-9)10-7-11(14)17-16-10/h7-9H,4-6H2,1-3H3,(H,15,18)(H3,14,16,17)/t8-,9+/m0/s1. The van der Waals surface area contributed by atoms with Crippen LogP contribution in [-0.4, -0.2) is 27.9 Å². The SMILES string of the molecule is CC(C)(C)NC(=O)O[C@@H]1CC[C@H](c2cc(N)n[nH]2)C1. The molecule has 2 atom stereocenters. The summed E-state index contributed by atoms with van der Waals surface area (Å²) in [5, 5.41) is 9.66. The van der Waals surface area contributed by atoms with Gasteiger partial charge in [-0.15, -0.1) is 0 Å². The molecule has 6 nitrogen and oxygen atoms in total. The monoisotopic (exact) mass is 266 g/mol. The van der Waals surface area contributed by atoms with Gasteiger partial charge in [0.2, 0.25) is 0 Å². The average molecular weight is 266 g/mol. The summed E-state index contributed by atoms with van der Waals surface area (Å²) < 4.78 is 5.43. The van der Waals surface area contributed by atoms with E-state index >= 15 is 0 Å². The average Bonchev–Trinajstić information content (AvgIpc) is 2.83. The summed E-state index contributed by atoms with van der Waals surface area (Å²) >= 11 is 0. The minimum absolute atomic E-state index is 0.0307. The molecule has 1 fully saturated rings. The number of nitrogens with one attached hydrogen (secondary N) is 2. The van der Waals surface area contributed by atoms with Gasteiger partial charge in [0, 0.05) is 23.2 Å². The first-order chi connectivity index (χ1) is 8.83. The highest BCUT2D eigenvalue weighted by atomic mass is 16.6. The fraction of sp³-hybridized carbons (Fsp3) is 0.692. The molecule has 1 aromatic rings. The second-order valence-corrected chi connectivity index (χ2v) is 6.16. The minimum atomic E-state index is -0.345. The van der Waals surface area contributed by atoms with Crippen LogP contribution in [0.25, 0.3) is 0 Å². The van der Waals surface area contributed by atoms with Gasteiger partial charge in [0.25, 0.3) is 0 Å². The highest BCUT2D eigenvalue weighted by Gasteiger charge is 2.30. The minimum Gasteiger partial charge on any atom is -0.446 e. The van der Waals surface area contributed by atoms with E-state index in [4.69, 9.17) is 10.5 Å². The molecule has 1 amide bonds. The van der Waals surface area contributed by atoms with Crippen LogP contribution in [-0.2, 0) is 4.74 Å². The van der Waals surface area contributed by atoms with Gasteiger partial charge in [-0.1, -0.05) is 0 Å². The highest BCUT2D eigenvalue weighted by molar-refractivity contribution is 5.68. The number of H-pyrrole nitrogens is 1. The van der Waals surface area contributed by atoms with Gasteiger partial charge in [-0.2, -0.15) is 5.10 Å². The second-order valence-electron chi connectivity index (χ2n) is 6.16. The van der Waals surface area contributed by atoms with E-state index in [0.29, 0.717) is 11.7 Å². The van der Waals surface area contributed by atoms with Crippen molar-refractivity contribution < 1.29 is 9.53 Å². The maximum absolute atomic E-state index is 11.7. The number of nitrogens with zero attached hydrogens (tertiary/aromatic N) is 1. The number of nitrogens with two attached hydrogens (primary N) is 1. The second kappa shape index (κ2) is 5.11. The summed E-state index contributed by atoms with van der Waals surface area (Å²) in [6.07, 6.45) is 2.30. The third-order valence-corrected chi connectivity index (χ3v) is 3.19. The molecule has 0 unspecified atom stereocenters. The Hall–Kier alpha value is -1.72. The van der Waals surface area contributed by atoms with Crippen molar-refractivity contribution >= 4 is 11.9 Å². The zero-order valence-corrected chi connectivity index (χ0v) is 11.7. The first kappa shape index (κ1) is 13.7. The Morgan fingerprint density at radius 1 is 1.53 bits per heavy atom. The van der Waals surface area contributed by atoms with Crippen LogP contribution in [0, 0.1) is 0 Å². The molecule has 1 heterocycles. The van der Waals surface area contributed by atoms with Crippen molar-refractivity contribution in [3.63, 3.8) is 0 Å². The fourth-order valence-electron chi connectivity index (χ4n) is 2.38. The first-order valence-corrected chi connectivity index (χ1v) is 6.63. The summed E-state index contributed by atoms with van der Waals surface area (Å²) in [5.74, 6) is 0.849. The summed E-state index contributed by atoms with van der Waals surface area (Å²) in [5.41, 5.74) is 6.35. The van der Waals surface area contributed by atoms with Crippen molar-refractivity contribution in [2.75, 3.05) is 5.73 Å². The molecule has 4 N–H and O–H groups in total. The van der Waals surface area contributed by atoms with E-state index in [1.807, 2.05) is 26.8 Å². The van der Waals surface area contributed by atoms with Crippen molar-refractivity contribution in [1.82, 2.24) is 15.5 Å². The van der Waals surface area contributed by atoms with Gasteiger partial charge in [0.1, 0.15) is 11.9 Å². The smallest absolute Gasteiger partial charge is 0.407 e. The van der Waals surface area contributed by atoms with Crippen LogP contribution in [0.1, 0.15) is 51.6 Å². The van der Waals surface area contributed by atoms with Gasteiger partial charge in [-0.05, 0) is 40.0 Å². The van der Waals surface area contributed by atoms with Crippen LogP contribution in [0.5, 0.6) is 0 Å². The van der Waals surface area contributed by atoms with Crippen LogP contribution in [0.2, 0.25) is 0 Å². The topological polar surface area (TPSA) is 93.0 Å². The van der Waals surface area contributed by atoms with Crippen molar-refractivity contribution in [3.05, 3.63) is 11.8 Å². The molecular weight excluding hydrogens is 244 g/mol. The predicted octanol–water partition coefficient (Wildman–Crippen LogP) is 2.15. The Bertz CT molecular complexity index is 450. The highest BCUT2D eigenvalue weighted by Crippen LogP contribution is 2.35. The summed E-state index contributed by atoms with van der Waals surface area (Å²) in [6.45, 7) is 5.79. The van der Waals surface area contributed by atoms with Gasteiger partial charge in [0.15, 0.2) is 0 Å². The number of carbonyl (C=O) groups is 1. The normalized spacial score (nSPS) is 23.3. The van der Waals surface area contributed by atoms with E-state index in [2.05, 4.69) is 15.5 Å². The molecule has 0 radical (unpaired) electrons. The molecular formula is C13H22N4O2. The zero-order valence-electron chi connectivity index (χ0n) is 11.7. The molecule has 106 valence electrons. The number of rotatable bonds is 2. The lowest BCUT2D eigenvalue weighted by molar-refractivity contribution is 0.0937. The number of hydrogen-bond donors (Lipinski definition) is 3. The largest absolute Gasteiger partial charge is 0.446 e. The number of nitrogen functional groups attached to an aromatic ring is 1. The molecule has 2 rings (SSSR count). The van der Waals surface area contributed by atoms with Gasteiger partial charge in [-0.3, -0.25) is 5.10 Å². The number of aromatic nitrogens is 2. The lowest BCUT2D eigenvalue weighted by Crippen LogP contribution is -2.42. The number of ether oxygens (including phenoxy) is 1. The maximum atomic E-state index is 11.7. The van der Waals surface area contributed by atoms with E-state index in [-0.39, 0.29) is 17.7 Å². The van der Waals surface area contributed by atoms with E-state index in [1.54, 1.807) is 0 Å². The summed E-state index contributed by atoms with van der Waals surface area (Å²) in [6, 6.07) is 1.85. The molecule has 1 aliphatic carbocycles. The molecule has 0 aliphatic heterocycles. The van der Waals surface area contributed by atoms with E-state index in [0.717, 1.165) is 25.0 Å². The maximum Gasteiger partial charge on any atom is 0.407 e. The van der Waals surface area contributed by atoms with Crippen LogP contribution < -0.4 is 11.1 Å². The molecule has 0 spiro atoms. The van der Waals surface area contributed by atoms with E-state index < -0.39 is 0 Å². The lowest BCUT2D eigenvalue weighted by atomic mass is 10.0. The molecule has 6 heteroatoms. The molecule has 1 aromatic heterocycles. The van der Waals surface area contributed by atoms with Crippen LogP contribution in [0.4, 0.5) is 10.6 Å². The van der Waals surface area contributed by atoms with Crippen molar-refractivity contribution in [2.24, 2.45) is 0 Å². The van der Waals surface area contributed by atoms with E-state index in [9.17, 15) is 4.79 Å². The molecule has 0 aromatic carbocycles. The Balaban J connectivity index is 1.84. The fourth-order valence-corrected chi connectivity index (χ4v) is 2.38. The Labute approximate surface area is 113 Å².